The zero-order valence-corrected chi connectivity index (χ0v) is 18.9. The average molecular weight is 480 g/mol. The lowest BCUT2D eigenvalue weighted by Crippen LogP contribution is -2.45. The quantitative estimate of drug-likeness (QED) is 0.204. The van der Waals surface area contributed by atoms with Crippen molar-refractivity contribution in [1.82, 2.24) is 4.90 Å². The summed E-state index contributed by atoms with van der Waals surface area (Å²) >= 11 is 0. The summed E-state index contributed by atoms with van der Waals surface area (Å²) < 4.78 is 12.2. The Morgan fingerprint density at radius 3 is 2.31 bits per heavy atom. The van der Waals surface area contributed by atoms with Gasteiger partial charge in [0.25, 0.3) is 17.5 Å². The molecule has 1 aliphatic rings. The minimum Gasteiger partial charge on any atom is -0.488 e. The molecule has 36 heavy (non-hydrogen) atoms. The van der Waals surface area contributed by atoms with Gasteiger partial charge >= 0.3 is 0 Å². The molecule has 0 saturated carbocycles. The summed E-state index contributed by atoms with van der Waals surface area (Å²) in [4.78, 5) is 38.6. The number of carbonyl (C=O) groups excluding carboxylic acids is 2. The maximum Gasteiger partial charge on any atom is 0.269 e. The van der Waals surface area contributed by atoms with Crippen LogP contribution < -0.4 is 9.47 Å². The summed E-state index contributed by atoms with van der Waals surface area (Å²) in [6.45, 7) is 0.124. The molecule has 1 heterocycles. The first-order valence-electron chi connectivity index (χ1n) is 11.2. The third kappa shape index (κ3) is 4.39. The number of rotatable bonds is 6. The van der Waals surface area contributed by atoms with Crippen LogP contribution in [0.4, 0.5) is 5.69 Å². The molecule has 0 unspecified atom stereocenters. The normalized spacial score (nSPS) is 14.5. The van der Waals surface area contributed by atoms with Gasteiger partial charge in [-0.05, 0) is 54.1 Å². The number of benzene rings is 4. The summed E-state index contributed by atoms with van der Waals surface area (Å²) in [5.74, 6) is -0.181. The van der Waals surface area contributed by atoms with Gasteiger partial charge in [-0.3, -0.25) is 19.7 Å². The summed E-state index contributed by atoms with van der Waals surface area (Å²) in [5.41, 5.74) is 1.84. The summed E-state index contributed by atoms with van der Waals surface area (Å²) in [6, 6.07) is 28.4. The van der Waals surface area contributed by atoms with Crippen molar-refractivity contribution in [2.45, 2.75) is 12.8 Å². The molecule has 0 saturated heterocycles. The van der Waals surface area contributed by atoms with Gasteiger partial charge in [0.1, 0.15) is 18.1 Å². The highest BCUT2D eigenvalue weighted by atomic mass is 16.6. The molecular weight excluding hydrogens is 460 g/mol. The zero-order chi connectivity index (χ0) is 25.1. The first-order chi connectivity index (χ1) is 17.5. The van der Waals surface area contributed by atoms with Gasteiger partial charge in [0, 0.05) is 17.7 Å². The Balaban J connectivity index is 1.50. The molecular formula is C28H20N2O6. The SMILES string of the molecule is O=C(c1ccccc1)N1C(=O)c2ccccc2O[C@H]1c1ccccc1OCc1ccc([N+](=O)[O-])cc1. The van der Waals surface area contributed by atoms with Crippen LogP contribution in [0.25, 0.3) is 0 Å². The van der Waals surface area contributed by atoms with Crippen LogP contribution in [0.3, 0.4) is 0 Å². The second-order valence-electron chi connectivity index (χ2n) is 8.06. The molecule has 0 fully saturated rings. The largest absolute Gasteiger partial charge is 0.488 e. The maximum absolute atomic E-state index is 13.5. The highest BCUT2D eigenvalue weighted by Crippen LogP contribution is 2.39. The number of fused-ring (bicyclic) bond motifs is 1. The monoisotopic (exact) mass is 480 g/mol. The van der Waals surface area contributed by atoms with Crippen LogP contribution in [0.2, 0.25) is 0 Å². The van der Waals surface area contributed by atoms with Gasteiger partial charge < -0.3 is 9.47 Å². The standard InChI is InChI=1S/C28H20N2O6/c31-26(20-8-2-1-3-9-20)29-27(32)22-10-4-7-13-25(22)36-28(29)23-11-5-6-12-24(23)35-18-19-14-16-21(17-15-19)30(33)34/h1-17,28H,18H2/t28-/m0/s1. The molecule has 0 spiro atoms. The Morgan fingerprint density at radius 2 is 1.56 bits per heavy atom. The molecule has 0 bridgehead atoms. The minimum absolute atomic E-state index is 0.0120. The van der Waals surface area contributed by atoms with Crippen molar-refractivity contribution >= 4 is 17.5 Å². The van der Waals surface area contributed by atoms with E-state index < -0.39 is 23.0 Å². The lowest BCUT2D eigenvalue weighted by Gasteiger charge is -2.36. The van der Waals surface area contributed by atoms with E-state index in [1.165, 1.54) is 12.1 Å². The molecule has 1 atom stereocenters. The molecule has 8 heteroatoms. The van der Waals surface area contributed by atoms with Crippen molar-refractivity contribution in [3.05, 3.63) is 135 Å². The summed E-state index contributed by atoms with van der Waals surface area (Å²) in [7, 11) is 0. The second kappa shape index (κ2) is 9.71. The molecule has 4 aromatic carbocycles. The number of nitro groups is 1. The highest BCUT2D eigenvalue weighted by Gasteiger charge is 2.40. The number of hydrogen-bond acceptors (Lipinski definition) is 6. The van der Waals surface area contributed by atoms with Crippen LogP contribution in [0.1, 0.15) is 38.1 Å². The average Bonchev–Trinajstić information content (AvgIpc) is 2.92. The molecule has 8 nitrogen and oxygen atoms in total. The zero-order valence-electron chi connectivity index (χ0n) is 18.9. The Labute approximate surface area is 206 Å². The van der Waals surface area contributed by atoms with Gasteiger partial charge in [-0.25, -0.2) is 4.90 Å². The number of carbonyl (C=O) groups is 2. The highest BCUT2D eigenvalue weighted by molar-refractivity contribution is 6.12. The number of nitro benzene ring substituents is 1. The Kier molecular flexibility index (Phi) is 6.15. The second-order valence-corrected chi connectivity index (χ2v) is 8.06. The fourth-order valence-electron chi connectivity index (χ4n) is 3.97. The van der Waals surface area contributed by atoms with E-state index in [9.17, 15) is 19.7 Å². The fourth-order valence-corrected chi connectivity index (χ4v) is 3.97. The number of para-hydroxylation sites is 2. The summed E-state index contributed by atoms with van der Waals surface area (Å²) in [5, 5.41) is 10.9. The molecule has 0 radical (unpaired) electrons. The third-order valence-corrected chi connectivity index (χ3v) is 5.78. The molecule has 1 aliphatic heterocycles. The van der Waals surface area contributed by atoms with E-state index >= 15 is 0 Å². The fraction of sp³-hybridized carbons (Fsp3) is 0.0714. The lowest BCUT2D eigenvalue weighted by molar-refractivity contribution is -0.384. The van der Waals surface area contributed by atoms with Crippen molar-refractivity contribution in [2.75, 3.05) is 0 Å². The van der Waals surface area contributed by atoms with E-state index in [4.69, 9.17) is 9.47 Å². The smallest absolute Gasteiger partial charge is 0.269 e. The number of hydrogen-bond donors (Lipinski definition) is 0. The van der Waals surface area contributed by atoms with E-state index in [2.05, 4.69) is 0 Å². The molecule has 5 rings (SSSR count). The van der Waals surface area contributed by atoms with Gasteiger partial charge in [-0.15, -0.1) is 0 Å². The van der Waals surface area contributed by atoms with Crippen molar-refractivity contribution in [3.63, 3.8) is 0 Å². The Bertz CT molecular complexity index is 1440. The van der Waals surface area contributed by atoms with E-state index in [0.29, 0.717) is 28.2 Å². The van der Waals surface area contributed by atoms with E-state index in [1.54, 1.807) is 91.0 Å². The van der Waals surface area contributed by atoms with E-state index in [0.717, 1.165) is 10.5 Å². The van der Waals surface area contributed by atoms with Gasteiger partial charge in [-0.2, -0.15) is 0 Å². The number of amides is 2. The first-order valence-corrected chi connectivity index (χ1v) is 11.2. The van der Waals surface area contributed by atoms with E-state index in [-0.39, 0.29) is 12.3 Å². The topological polar surface area (TPSA) is 99.0 Å². The molecule has 0 aliphatic carbocycles. The minimum atomic E-state index is -1.06. The number of ether oxygens (including phenoxy) is 2. The summed E-state index contributed by atoms with van der Waals surface area (Å²) in [6.07, 6.45) is -1.06. The van der Waals surface area contributed by atoms with Crippen molar-refractivity contribution in [2.24, 2.45) is 0 Å². The van der Waals surface area contributed by atoms with Gasteiger partial charge in [0.05, 0.1) is 16.1 Å². The van der Waals surface area contributed by atoms with Crippen LogP contribution in [0.15, 0.2) is 103 Å². The van der Waals surface area contributed by atoms with Crippen molar-refractivity contribution in [3.8, 4) is 11.5 Å². The van der Waals surface area contributed by atoms with Gasteiger partial charge in [0.15, 0.2) is 0 Å². The molecule has 178 valence electrons. The molecule has 0 N–H and O–H groups in total. The van der Waals surface area contributed by atoms with Crippen LogP contribution in [0.5, 0.6) is 11.5 Å². The van der Waals surface area contributed by atoms with Crippen LogP contribution in [0, 0.1) is 10.1 Å². The van der Waals surface area contributed by atoms with E-state index in [1.807, 2.05) is 0 Å². The van der Waals surface area contributed by atoms with Crippen LogP contribution in [-0.2, 0) is 6.61 Å². The Morgan fingerprint density at radius 1 is 0.889 bits per heavy atom. The van der Waals surface area contributed by atoms with Crippen LogP contribution in [-0.4, -0.2) is 21.6 Å². The molecule has 2 amide bonds. The lowest BCUT2D eigenvalue weighted by atomic mass is 10.0. The number of imide groups is 1. The predicted octanol–water partition coefficient (Wildman–Crippen LogP) is 5.55. The van der Waals surface area contributed by atoms with Crippen LogP contribution >= 0.6 is 0 Å². The Hall–Kier alpha value is -4.98. The van der Waals surface area contributed by atoms with Crippen molar-refractivity contribution < 1.29 is 24.0 Å². The number of non-ortho nitro benzene ring substituents is 1. The van der Waals surface area contributed by atoms with Gasteiger partial charge in [-0.1, -0.05) is 42.5 Å². The third-order valence-electron chi connectivity index (χ3n) is 5.78. The predicted molar refractivity (Wildman–Crippen MR) is 131 cm³/mol. The molecule has 0 aromatic heterocycles. The first kappa shape index (κ1) is 22.8. The van der Waals surface area contributed by atoms with Crippen molar-refractivity contribution in [1.29, 1.82) is 0 Å². The van der Waals surface area contributed by atoms with Gasteiger partial charge in [0.2, 0.25) is 6.23 Å². The molecule has 4 aromatic rings. The maximum atomic E-state index is 13.5. The number of nitrogens with zero attached hydrogens (tertiary/aromatic N) is 2.